The highest BCUT2D eigenvalue weighted by Gasteiger charge is 2.42. The molecule has 2 aromatic rings. The van der Waals surface area contributed by atoms with E-state index < -0.39 is 23.8 Å². The van der Waals surface area contributed by atoms with Crippen molar-refractivity contribution in [1.82, 2.24) is 20.2 Å². The van der Waals surface area contributed by atoms with Gasteiger partial charge < -0.3 is 14.5 Å². The molecule has 2 atom stereocenters. The smallest absolute Gasteiger partial charge is 0.321 e. The van der Waals surface area contributed by atoms with Gasteiger partial charge in [0.25, 0.3) is 0 Å². The summed E-state index contributed by atoms with van der Waals surface area (Å²) in [5.41, 5.74) is 0.728. The van der Waals surface area contributed by atoms with Crippen LogP contribution in [0.5, 0.6) is 0 Å². The second-order valence-electron chi connectivity index (χ2n) is 7.19. The van der Waals surface area contributed by atoms with Crippen molar-refractivity contribution in [1.29, 1.82) is 0 Å². The highest BCUT2D eigenvalue weighted by molar-refractivity contribution is 6.30. The third-order valence-corrected chi connectivity index (χ3v) is 5.51. The van der Waals surface area contributed by atoms with Crippen LogP contribution in [0.1, 0.15) is 18.5 Å². The van der Waals surface area contributed by atoms with Gasteiger partial charge in [-0.3, -0.25) is 14.9 Å². The van der Waals surface area contributed by atoms with Crippen molar-refractivity contribution in [3.8, 4) is 0 Å². The second kappa shape index (κ2) is 9.30. The predicted octanol–water partition coefficient (Wildman–Crippen LogP) is 1.66. The van der Waals surface area contributed by atoms with Gasteiger partial charge in [-0.15, -0.1) is 0 Å². The molecule has 1 saturated heterocycles. The van der Waals surface area contributed by atoms with Crippen LogP contribution in [0.2, 0.25) is 5.02 Å². The Hall–Kier alpha value is -3.20. The summed E-state index contributed by atoms with van der Waals surface area (Å²) in [7, 11) is 0. The predicted molar refractivity (Wildman–Crippen MR) is 116 cm³/mol. The monoisotopic (exact) mass is 442 g/mol. The first-order valence-electron chi connectivity index (χ1n) is 10.1. The normalized spacial score (nSPS) is 21.4. The Morgan fingerprint density at radius 1 is 1.13 bits per heavy atom. The third-order valence-electron chi connectivity index (χ3n) is 5.26. The van der Waals surface area contributed by atoms with Crippen molar-refractivity contribution >= 4 is 35.4 Å². The molecule has 31 heavy (non-hydrogen) atoms. The Kier molecular flexibility index (Phi) is 6.31. The number of esters is 1. The van der Waals surface area contributed by atoms with Gasteiger partial charge in [0.2, 0.25) is 17.8 Å². The minimum absolute atomic E-state index is 0.191. The van der Waals surface area contributed by atoms with Crippen molar-refractivity contribution in [2.75, 3.05) is 37.7 Å². The Morgan fingerprint density at radius 3 is 2.42 bits per heavy atom. The number of nitrogens with zero attached hydrogens (tertiary/aromatic N) is 5. The first-order chi connectivity index (χ1) is 15.1. The molecule has 9 nitrogen and oxygen atoms in total. The number of hydrogen-bond acceptors (Lipinski definition) is 8. The van der Waals surface area contributed by atoms with Crippen molar-refractivity contribution in [3.05, 3.63) is 53.3 Å². The number of aliphatic imine (C=N–C) groups is 1. The van der Waals surface area contributed by atoms with Crippen LogP contribution in [0.15, 0.2) is 47.7 Å². The van der Waals surface area contributed by atoms with Crippen LogP contribution in [0, 0.1) is 5.92 Å². The molecule has 10 heteroatoms. The Balaban J connectivity index is 1.56. The van der Waals surface area contributed by atoms with Crippen LogP contribution in [0.3, 0.4) is 0 Å². The van der Waals surface area contributed by atoms with E-state index in [-0.39, 0.29) is 6.61 Å². The Labute approximate surface area is 185 Å². The van der Waals surface area contributed by atoms with Crippen LogP contribution in [0.4, 0.5) is 5.95 Å². The Bertz CT molecular complexity index is 961. The summed E-state index contributed by atoms with van der Waals surface area (Å²) in [5.74, 6) is -0.924. The number of aromatic nitrogens is 2. The van der Waals surface area contributed by atoms with Crippen LogP contribution in [-0.2, 0) is 14.3 Å². The van der Waals surface area contributed by atoms with Gasteiger partial charge in [-0.2, -0.15) is 0 Å². The SMILES string of the molecule is CCOC(=O)[C@H]1C(=O)NC(N2CCN(c3ncccn3)CC2)=N[C@@H]1c1ccc(Cl)cc1. The molecule has 1 aromatic carbocycles. The van der Waals surface area contributed by atoms with Crippen LogP contribution in [0.25, 0.3) is 0 Å². The number of benzene rings is 1. The fraction of sp³-hybridized carbons (Fsp3) is 0.381. The van der Waals surface area contributed by atoms with Gasteiger partial charge >= 0.3 is 5.97 Å². The largest absolute Gasteiger partial charge is 0.465 e. The van der Waals surface area contributed by atoms with Gasteiger partial charge in [0.05, 0.1) is 6.61 Å². The Morgan fingerprint density at radius 2 is 1.77 bits per heavy atom. The van der Waals surface area contributed by atoms with Crippen molar-refractivity contribution in [3.63, 3.8) is 0 Å². The molecule has 0 radical (unpaired) electrons. The average molecular weight is 443 g/mol. The molecule has 0 aliphatic carbocycles. The van der Waals surface area contributed by atoms with Gasteiger partial charge in [0.15, 0.2) is 5.92 Å². The van der Waals surface area contributed by atoms with E-state index in [0.29, 0.717) is 43.1 Å². The highest BCUT2D eigenvalue weighted by Crippen LogP contribution is 2.31. The lowest BCUT2D eigenvalue weighted by atomic mass is 9.91. The summed E-state index contributed by atoms with van der Waals surface area (Å²) in [5, 5.41) is 3.37. The van der Waals surface area contributed by atoms with E-state index in [1.165, 1.54) is 0 Å². The number of anilines is 1. The topological polar surface area (TPSA) is 100 Å². The average Bonchev–Trinajstić information content (AvgIpc) is 2.80. The first-order valence-corrected chi connectivity index (χ1v) is 10.5. The van der Waals surface area contributed by atoms with Crippen molar-refractivity contribution in [2.45, 2.75) is 13.0 Å². The van der Waals surface area contributed by atoms with E-state index in [1.54, 1.807) is 49.6 Å². The molecule has 3 heterocycles. The molecular formula is C21H23ClN6O3. The third kappa shape index (κ3) is 4.61. The van der Waals surface area contributed by atoms with Gasteiger partial charge in [0, 0.05) is 43.6 Å². The lowest BCUT2D eigenvalue weighted by Gasteiger charge is -2.38. The molecule has 162 valence electrons. The number of halogens is 1. The number of carbonyl (C=O) groups is 2. The van der Waals surface area contributed by atoms with Gasteiger partial charge in [-0.1, -0.05) is 23.7 Å². The number of rotatable bonds is 4. The highest BCUT2D eigenvalue weighted by atomic mass is 35.5. The number of guanidine groups is 1. The van der Waals surface area contributed by atoms with Crippen LogP contribution in [-0.4, -0.2) is 65.5 Å². The molecule has 0 bridgehead atoms. The molecule has 0 spiro atoms. The van der Waals surface area contributed by atoms with E-state index in [2.05, 4.69) is 20.2 Å². The fourth-order valence-electron chi connectivity index (χ4n) is 3.70. The lowest BCUT2D eigenvalue weighted by molar-refractivity contribution is -0.153. The van der Waals surface area contributed by atoms with Gasteiger partial charge in [-0.05, 0) is 30.7 Å². The molecule has 4 rings (SSSR count). The molecular weight excluding hydrogens is 420 g/mol. The summed E-state index contributed by atoms with van der Waals surface area (Å²) >= 11 is 6.01. The van der Waals surface area contributed by atoms with E-state index in [0.717, 1.165) is 5.56 Å². The van der Waals surface area contributed by atoms with Crippen LogP contribution < -0.4 is 10.2 Å². The second-order valence-corrected chi connectivity index (χ2v) is 7.63. The quantitative estimate of drug-likeness (QED) is 0.567. The molecule has 2 aliphatic heterocycles. The van der Waals surface area contributed by atoms with Crippen molar-refractivity contribution in [2.24, 2.45) is 10.9 Å². The van der Waals surface area contributed by atoms with Crippen molar-refractivity contribution < 1.29 is 14.3 Å². The zero-order valence-corrected chi connectivity index (χ0v) is 17.8. The number of carbonyl (C=O) groups excluding carboxylic acids is 2. The van der Waals surface area contributed by atoms with Gasteiger partial charge in [0.1, 0.15) is 6.04 Å². The molecule has 0 unspecified atom stereocenters. The fourth-order valence-corrected chi connectivity index (χ4v) is 3.82. The van der Waals surface area contributed by atoms with Crippen LogP contribution >= 0.6 is 11.6 Å². The molecule has 1 aromatic heterocycles. The number of nitrogens with one attached hydrogen (secondary N) is 1. The first kappa shape index (κ1) is 21.0. The summed E-state index contributed by atoms with van der Waals surface area (Å²) in [4.78, 5) is 42.9. The number of amides is 1. The van der Waals surface area contributed by atoms with E-state index in [4.69, 9.17) is 21.3 Å². The summed E-state index contributed by atoms with van der Waals surface area (Å²) in [6.45, 7) is 4.54. The zero-order valence-electron chi connectivity index (χ0n) is 17.1. The summed E-state index contributed by atoms with van der Waals surface area (Å²) in [6.07, 6.45) is 3.43. The summed E-state index contributed by atoms with van der Waals surface area (Å²) < 4.78 is 5.14. The number of piperazine rings is 1. The maximum atomic E-state index is 12.9. The maximum absolute atomic E-state index is 12.9. The van der Waals surface area contributed by atoms with Gasteiger partial charge in [-0.25, -0.2) is 15.0 Å². The van der Waals surface area contributed by atoms with E-state index in [1.807, 2.05) is 4.90 Å². The number of hydrogen-bond donors (Lipinski definition) is 1. The zero-order chi connectivity index (χ0) is 21.8. The number of ether oxygens (including phenoxy) is 1. The minimum Gasteiger partial charge on any atom is -0.465 e. The molecule has 1 fully saturated rings. The molecule has 0 saturated carbocycles. The summed E-state index contributed by atoms with van der Waals surface area (Å²) in [6, 6.07) is 8.10. The minimum atomic E-state index is -1.05. The standard InChI is InChI=1S/C21H23ClN6O3/c1-2-31-19(30)16-17(14-4-6-15(22)7-5-14)25-21(26-18(16)29)28-12-10-27(11-13-28)20-23-8-3-9-24-20/h3-9,16-17H,2,10-13H2,1H3,(H,25,26,29)/t16-,17-/m1/s1. The van der Waals surface area contributed by atoms with E-state index >= 15 is 0 Å². The molecule has 2 aliphatic rings. The maximum Gasteiger partial charge on any atom is 0.321 e. The molecule has 1 amide bonds. The lowest BCUT2D eigenvalue weighted by Crippen LogP contribution is -2.57. The van der Waals surface area contributed by atoms with E-state index in [9.17, 15) is 9.59 Å². The molecule has 1 N–H and O–H groups in total.